The monoisotopic (exact) mass is 230 g/mol. The highest BCUT2D eigenvalue weighted by atomic mass is 16.1. The predicted molar refractivity (Wildman–Crippen MR) is 64.2 cm³/mol. The maximum absolute atomic E-state index is 11.8. The molecular formula is C12H14N4O. The molecule has 3 rings (SSSR count). The van der Waals surface area contributed by atoms with E-state index in [0.29, 0.717) is 0 Å². The fourth-order valence-corrected chi connectivity index (χ4v) is 2.16. The Morgan fingerprint density at radius 3 is 2.82 bits per heavy atom. The summed E-state index contributed by atoms with van der Waals surface area (Å²) in [7, 11) is 0. The van der Waals surface area contributed by atoms with Crippen molar-refractivity contribution in [2.75, 3.05) is 6.54 Å². The maximum atomic E-state index is 11.8. The van der Waals surface area contributed by atoms with Crippen LogP contribution in [0.25, 0.3) is 5.69 Å². The molecule has 0 bridgehead atoms. The number of para-hydroxylation sites is 1. The van der Waals surface area contributed by atoms with Crippen LogP contribution in [-0.4, -0.2) is 21.3 Å². The molecule has 0 radical (unpaired) electrons. The third-order valence-corrected chi connectivity index (χ3v) is 3.03. The van der Waals surface area contributed by atoms with E-state index in [-0.39, 0.29) is 11.7 Å². The summed E-state index contributed by atoms with van der Waals surface area (Å²) in [6.07, 6.45) is 2.16. The Hall–Kier alpha value is -1.88. The SMILES string of the molecule is O=c1[nH]c(C2CCCN2)nn1-c1ccccc1. The molecular weight excluding hydrogens is 216 g/mol. The number of benzene rings is 1. The topological polar surface area (TPSA) is 62.7 Å². The van der Waals surface area contributed by atoms with Gasteiger partial charge in [-0.2, -0.15) is 4.68 Å². The summed E-state index contributed by atoms with van der Waals surface area (Å²) in [5.74, 6) is 0.733. The van der Waals surface area contributed by atoms with Gasteiger partial charge in [-0.3, -0.25) is 4.98 Å². The van der Waals surface area contributed by atoms with Crippen LogP contribution in [0.1, 0.15) is 24.7 Å². The van der Waals surface area contributed by atoms with Crippen molar-refractivity contribution >= 4 is 0 Å². The van der Waals surface area contributed by atoms with E-state index >= 15 is 0 Å². The van der Waals surface area contributed by atoms with Gasteiger partial charge in [-0.15, -0.1) is 5.10 Å². The van der Waals surface area contributed by atoms with Gasteiger partial charge in [0, 0.05) is 0 Å². The van der Waals surface area contributed by atoms with Crippen LogP contribution in [0.3, 0.4) is 0 Å². The molecule has 1 aliphatic rings. The minimum absolute atomic E-state index is 0.181. The van der Waals surface area contributed by atoms with Crippen LogP contribution >= 0.6 is 0 Å². The molecule has 0 spiro atoms. The van der Waals surface area contributed by atoms with Gasteiger partial charge in [-0.25, -0.2) is 4.79 Å². The van der Waals surface area contributed by atoms with E-state index in [4.69, 9.17) is 0 Å². The van der Waals surface area contributed by atoms with Crippen molar-refractivity contribution in [2.24, 2.45) is 0 Å². The van der Waals surface area contributed by atoms with Crippen molar-refractivity contribution in [1.29, 1.82) is 0 Å². The van der Waals surface area contributed by atoms with Crippen LogP contribution in [0, 0.1) is 0 Å². The predicted octanol–water partition coefficient (Wildman–Crippen LogP) is 0.985. The Morgan fingerprint density at radius 2 is 2.12 bits per heavy atom. The summed E-state index contributed by atoms with van der Waals surface area (Å²) in [4.78, 5) is 14.6. The van der Waals surface area contributed by atoms with Crippen molar-refractivity contribution in [3.05, 3.63) is 46.6 Å². The molecule has 0 amide bonds. The summed E-state index contributed by atoms with van der Waals surface area (Å²) in [6.45, 7) is 0.991. The number of hydrogen-bond acceptors (Lipinski definition) is 3. The average Bonchev–Trinajstić information content (AvgIpc) is 2.99. The van der Waals surface area contributed by atoms with Gasteiger partial charge in [0.2, 0.25) is 0 Å². The zero-order valence-electron chi connectivity index (χ0n) is 9.39. The van der Waals surface area contributed by atoms with Crippen molar-refractivity contribution in [3.8, 4) is 5.69 Å². The molecule has 17 heavy (non-hydrogen) atoms. The van der Waals surface area contributed by atoms with E-state index in [9.17, 15) is 4.79 Å². The van der Waals surface area contributed by atoms with E-state index in [1.807, 2.05) is 30.3 Å². The average molecular weight is 230 g/mol. The molecule has 2 aromatic rings. The number of nitrogens with one attached hydrogen (secondary N) is 2. The van der Waals surface area contributed by atoms with E-state index in [2.05, 4.69) is 15.4 Å². The minimum Gasteiger partial charge on any atom is -0.307 e. The molecule has 5 nitrogen and oxygen atoms in total. The largest absolute Gasteiger partial charge is 0.348 e. The van der Waals surface area contributed by atoms with Crippen LogP contribution in [0.15, 0.2) is 35.1 Å². The first-order chi connectivity index (χ1) is 8.34. The highest BCUT2D eigenvalue weighted by Crippen LogP contribution is 2.18. The third kappa shape index (κ3) is 1.89. The highest BCUT2D eigenvalue weighted by molar-refractivity contribution is 5.29. The quantitative estimate of drug-likeness (QED) is 0.808. The first-order valence-corrected chi connectivity index (χ1v) is 5.82. The van der Waals surface area contributed by atoms with Crippen molar-refractivity contribution in [3.63, 3.8) is 0 Å². The van der Waals surface area contributed by atoms with Gasteiger partial charge >= 0.3 is 5.69 Å². The smallest absolute Gasteiger partial charge is 0.307 e. The van der Waals surface area contributed by atoms with Crippen LogP contribution in [0.5, 0.6) is 0 Å². The fraction of sp³-hybridized carbons (Fsp3) is 0.333. The fourth-order valence-electron chi connectivity index (χ4n) is 2.16. The Bertz CT molecular complexity index is 551. The lowest BCUT2D eigenvalue weighted by Crippen LogP contribution is -2.15. The molecule has 1 saturated heterocycles. The van der Waals surface area contributed by atoms with Crippen LogP contribution < -0.4 is 11.0 Å². The van der Waals surface area contributed by atoms with E-state index < -0.39 is 0 Å². The van der Waals surface area contributed by atoms with Crippen molar-refractivity contribution in [2.45, 2.75) is 18.9 Å². The van der Waals surface area contributed by atoms with Gasteiger partial charge in [0.15, 0.2) is 0 Å². The van der Waals surface area contributed by atoms with Gasteiger partial charge in [0.25, 0.3) is 0 Å². The summed E-state index contributed by atoms with van der Waals surface area (Å²) >= 11 is 0. The molecule has 0 saturated carbocycles. The number of H-pyrrole nitrogens is 1. The molecule has 2 heterocycles. The van der Waals surface area contributed by atoms with Crippen LogP contribution in [0.4, 0.5) is 0 Å². The molecule has 1 atom stereocenters. The lowest BCUT2D eigenvalue weighted by atomic mass is 10.2. The zero-order valence-corrected chi connectivity index (χ0v) is 9.39. The summed E-state index contributed by atoms with van der Waals surface area (Å²) in [5.41, 5.74) is 0.609. The number of rotatable bonds is 2. The lowest BCUT2D eigenvalue weighted by molar-refractivity contribution is 0.602. The van der Waals surface area contributed by atoms with Gasteiger partial charge in [0.05, 0.1) is 11.7 Å². The molecule has 1 fully saturated rings. The molecule has 0 aliphatic carbocycles. The molecule has 1 aromatic carbocycles. The standard InChI is InChI=1S/C12H14N4O/c17-12-14-11(10-7-4-8-13-10)15-16(12)9-5-2-1-3-6-9/h1-3,5-6,10,13H,4,7-8H2,(H,14,15,17). The second-order valence-corrected chi connectivity index (χ2v) is 4.21. The highest BCUT2D eigenvalue weighted by Gasteiger charge is 2.20. The molecule has 1 aromatic heterocycles. The van der Waals surface area contributed by atoms with Crippen LogP contribution in [-0.2, 0) is 0 Å². The first kappa shape index (κ1) is 10.3. The molecule has 5 heteroatoms. The second-order valence-electron chi connectivity index (χ2n) is 4.21. The van der Waals surface area contributed by atoms with Crippen molar-refractivity contribution < 1.29 is 0 Å². The molecule has 1 aliphatic heterocycles. The lowest BCUT2D eigenvalue weighted by Gasteiger charge is -2.04. The van der Waals surface area contributed by atoms with Gasteiger partial charge < -0.3 is 5.32 Å². The summed E-state index contributed by atoms with van der Waals surface area (Å²) < 4.78 is 1.41. The summed E-state index contributed by atoms with van der Waals surface area (Å²) in [6, 6.07) is 9.63. The maximum Gasteiger partial charge on any atom is 0.348 e. The van der Waals surface area contributed by atoms with Crippen molar-refractivity contribution in [1.82, 2.24) is 20.1 Å². The van der Waals surface area contributed by atoms with Crippen LogP contribution in [0.2, 0.25) is 0 Å². The second kappa shape index (κ2) is 4.18. The normalized spacial score (nSPS) is 19.6. The summed E-state index contributed by atoms with van der Waals surface area (Å²) in [5, 5.41) is 7.67. The zero-order chi connectivity index (χ0) is 11.7. The van der Waals surface area contributed by atoms with Gasteiger partial charge in [-0.1, -0.05) is 18.2 Å². The molecule has 2 N–H and O–H groups in total. The van der Waals surface area contributed by atoms with Gasteiger partial charge in [-0.05, 0) is 31.5 Å². The Kier molecular flexibility index (Phi) is 2.53. The Morgan fingerprint density at radius 1 is 1.29 bits per heavy atom. The van der Waals surface area contributed by atoms with E-state index in [1.54, 1.807) is 0 Å². The van der Waals surface area contributed by atoms with E-state index in [0.717, 1.165) is 30.9 Å². The number of aromatic nitrogens is 3. The Balaban J connectivity index is 1.99. The number of aromatic amines is 1. The molecule has 88 valence electrons. The van der Waals surface area contributed by atoms with Gasteiger partial charge in [0.1, 0.15) is 5.82 Å². The number of hydrogen-bond donors (Lipinski definition) is 2. The molecule has 1 unspecified atom stereocenters. The Labute approximate surface area is 98.5 Å². The number of nitrogens with zero attached hydrogens (tertiary/aromatic N) is 2. The van der Waals surface area contributed by atoms with E-state index in [1.165, 1.54) is 4.68 Å². The third-order valence-electron chi connectivity index (χ3n) is 3.03. The minimum atomic E-state index is -0.181. The first-order valence-electron chi connectivity index (χ1n) is 5.82.